The molecule has 1 fully saturated rings. The van der Waals surface area contributed by atoms with Gasteiger partial charge in [0.15, 0.2) is 11.5 Å². The van der Waals surface area contributed by atoms with Gasteiger partial charge in [0.05, 0.1) is 6.10 Å². The highest BCUT2D eigenvalue weighted by Gasteiger charge is 2.27. The number of β-amino-alcohol motifs (C(OH)–C–C–N with tert-alkyl or cyclic N) is 1. The molecule has 0 unspecified atom stereocenters. The lowest BCUT2D eigenvalue weighted by molar-refractivity contribution is 0.0101. The number of ether oxygens (including phenoxy) is 3. The first-order valence-corrected chi connectivity index (χ1v) is 8.60. The van der Waals surface area contributed by atoms with Gasteiger partial charge in [-0.3, -0.25) is 4.90 Å². The lowest BCUT2D eigenvalue weighted by Gasteiger charge is -2.36. The van der Waals surface area contributed by atoms with Crippen LogP contribution >= 0.6 is 0 Å². The molecule has 0 spiro atoms. The molecular weight excluding hydrogens is 324 g/mol. The van der Waals surface area contributed by atoms with E-state index in [1.54, 1.807) is 4.90 Å². The Morgan fingerprint density at radius 2 is 1.88 bits per heavy atom. The van der Waals surface area contributed by atoms with Crippen LogP contribution in [0.4, 0.5) is 4.79 Å². The van der Waals surface area contributed by atoms with E-state index in [1.165, 1.54) is 0 Å². The Bertz CT molecular complexity index is 620. The van der Waals surface area contributed by atoms with Crippen LogP contribution < -0.4 is 9.47 Å². The maximum atomic E-state index is 12.1. The van der Waals surface area contributed by atoms with E-state index >= 15 is 0 Å². The number of rotatable bonds is 3. The molecule has 1 atom stereocenters. The van der Waals surface area contributed by atoms with Crippen LogP contribution in [-0.2, 0) is 4.74 Å². The molecule has 0 aromatic heterocycles. The standard InChI is InChI=1S/C18H26N2O5/c1-18(2,3)25-17(22)20-8-6-19(7-9-20)11-14(21)13-4-5-15-16(10-13)24-12-23-15/h4-5,10,14,21H,6-9,11-12H2,1-3H3/t14-/m1/s1. The normalized spacial score (nSPS) is 19.0. The lowest BCUT2D eigenvalue weighted by Crippen LogP contribution is -2.50. The summed E-state index contributed by atoms with van der Waals surface area (Å²) in [5.41, 5.74) is 0.322. The molecule has 2 heterocycles. The zero-order valence-electron chi connectivity index (χ0n) is 15.0. The highest BCUT2D eigenvalue weighted by atomic mass is 16.7. The number of hydrogen-bond acceptors (Lipinski definition) is 6. The monoisotopic (exact) mass is 350 g/mol. The van der Waals surface area contributed by atoms with Crippen molar-refractivity contribution in [1.82, 2.24) is 9.80 Å². The maximum Gasteiger partial charge on any atom is 0.410 e. The van der Waals surface area contributed by atoms with E-state index < -0.39 is 11.7 Å². The Morgan fingerprint density at radius 1 is 1.20 bits per heavy atom. The number of aliphatic hydroxyl groups is 1. The molecule has 1 saturated heterocycles. The average Bonchev–Trinajstić information content (AvgIpc) is 3.01. The van der Waals surface area contributed by atoms with E-state index in [4.69, 9.17) is 14.2 Å². The number of carbonyl (C=O) groups is 1. The van der Waals surface area contributed by atoms with Crippen molar-refractivity contribution >= 4 is 6.09 Å². The predicted molar refractivity (Wildman–Crippen MR) is 91.8 cm³/mol. The number of hydrogen-bond donors (Lipinski definition) is 1. The van der Waals surface area contributed by atoms with Gasteiger partial charge in [0.2, 0.25) is 6.79 Å². The van der Waals surface area contributed by atoms with Crippen LogP contribution in [0.1, 0.15) is 32.4 Å². The van der Waals surface area contributed by atoms with E-state index in [2.05, 4.69) is 4.90 Å². The molecule has 0 bridgehead atoms. The van der Waals surface area contributed by atoms with Gasteiger partial charge in [-0.25, -0.2) is 4.79 Å². The predicted octanol–water partition coefficient (Wildman–Crippen LogP) is 2.00. The molecule has 1 aromatic rings. The van der Waals surface area contributed by atoms with Crippen LogP contribution in [-0.4, -0.2) is 66.1 Å². The molecule has 1 amide bonds. The first-order chi connectivity index (χ1) is 11.8. The van der Waals surface area contributed by atoms with Crippen LogP contribution in [0.2, 0.25) is 0 Å². The Balaban J connectivity index is 1.49. The summed E-state index contributed by atoms with van der Waals surface area (Å²) < 4.78 is 16.0. The van der Waals surface area contributed by atoms with Crippen molar-refractivity contribution in [3.63, 3.8) is 0 Å². The van der Waals surface area contributed by atoms with Crippen molar-refractivity contribution < 1.29 is 24.1 Å². The molecule has 0 radical (unpaired) electrons. The molecule has 0 saturated carbocycles. The fraction of sp³-hybridized carbons (Fsp3) is 0.611. The van der Waals surface area contributed by atoms with E-state index in [0.717, 1.165) is 5.56 Å². The highest BCUT2D eigenvalue weighted by Crippen LogP contribution is 2.34. The Morgan fingerprint density at radius 3 is 2.56 bits per heavy atom. The first kappa shape index (κ1) is 17.8. The molecule has 2 aliphatic rings. The Kier molecular flexibility index (Phi) is 5.06. The molecule has 1 aromatic carbocycles. The molecule has 7 nitrogen and oxygen atoms in total. The minimum Gasteiger partial charge on any atom is -0.454 e. The topological polar surface area (TPSA) is 71.5 Å². The zero-order valence-corrected chi connectivity index (χ0v) is 15.0. The number of benzene rings is 1. The Labute approximate surface area is 148 Å². The smallest absolute Gasteiger partial charge is 0.410 e. The van der Waals surface area contributed by atoms with Crippen molar-refractivity contribution in [1.29, 1.82) is 0 Å². The first-order valence-electron chi connectivity index (χ1n) is 8.60. The van der Waals surface area contributed by atoms with Gasteiger partial charge in [-0.15, -0.1) is 0 Å². The summed E-state index contributed by atoms with van der Waals surface area (Å²) in [6.45, 7) is 8.95. The fourth-order valence-electron chi connectivity index (χ4n) is 2.91. The third kappa shape index (κ3) is 4.55. The second kappa shape index (κ2) is 7.09. The van der Waals surface area contributed by atoms with Crippen LogP contribution in [0.25, 0.3) is 0 Å². The summed E-state index contributed by atoms with van der Waals surface area (Å²) in [4.78, 5) is 15.9. The van der Waals surface area contributed by atoms with E-state index in [-0.39, 0.29) is 12.9 Å². The summed E-state index contributed by atoms with van der Waals surface area (Å²) in [6, 6.07) is 5.50. The van der Waals surface area contributed by atoms with Crippen molar-refractivity contribution in [2.75, 3.05) is 39.5 Å². The van der Waals surface area contributed by atoms with Crippen LogP contribution in [0, 0.1) is 0 Å². The van der Waals surface area contributed by atoms with Crippen molar-refractivity contribution in [2.24, 2.45) is 0 Å². The summed E-state index contributed by atoms with van der Waals surface area (Å²) in [5.74, 6) is 1.38. The molecule has 7 heteroatoms. The average molecular weight is 350 g/mol. The summed E-state index contributed by atoms with van der Waals surface area (Å²) >= 11 is 0. The van der Waals surface area contributed by atoms with Gasteiger partial charge in [-0.2, -0.15) is 0 Å². The van der Waals surface area contributed by atoms with E-state index in [9.17, 15) is 9.90 Å². The largest absolute Gasteiger partial charge is 0.454 e. The number of aliphatic hydroxyl groups excluding tert-OH is 1. The van der Waals surface area contributed by atoms with E-state index in [0.29, 0.717) is 44.2 Å². The van der Waals surface area contributed by atoms with Gasteiger partial charge >= 0.3 is 6.09 Å². The van der Waals surface area contributed by atoms with Gasteiger partial charge < -0.3 is 24.2 Å². The molecule has 25 heavy (non-hydrogen) atoms. The van der Waals surface area contributed by atoms with Crippen LogP contribution in [0.3, 0.4) is 0 Å². The number of piperazine rings is 1. The third-order valence-electron chi connectivity index (χ3n) is 4.24. The SMILES string of the molecule is CC(C)(C)OC(=O)N1CCN(C[C@@H](O)c2ccc3c(c2)OCO3)CC1. The van der Waals surface area contributed by atoms with Crippen molar-refractivity contribution in [3.8, 4) is 11.5 Å². The van der Waals surface area contributed by atoms with Crippen molar-refractivity contribution in [2.45, 2.75) is 32.5 Å². The number of amides is 1. The van der Waals surface area contributed by atoms with Gasteiger partial charge in [0.1, 0.15) is 5.60 Å². The second-order valence-corrected chi connectivity index (χ2v) is 7.40. The van der Waals surface area contributed by atoms with Gasteiger partial charge in [-0.05, 0) is 38.5 Å². The van der Waals surface area contributed by atoms with E-state index in [1.807, 2.05) is 39.0 Å². The minimum atomic E-state index is -0.609. The highest BCUT2D eigenvalue weighted by molar-refractivity contribution is 5.68. The fourth-order valence-corrected chi connectivity index (χ4v) is 2.91. The molecule has 3 rings (SSSR count). The summed E-state index contributed by atoms with van der Waals surface area (Å²) in [7, 11) is 0. The van der Waals surface area contributed by atoms with Gasteiger partial charge in [0.25, 0.3) is 0 Å². The summed E-state index contributed by atoms with van der Waals surface area (Å²) in [5, 5.41) is 10.5. The van der Waals surface area contributed by atoms with Crippen molar-refractivity contribution in [3.05, 3.63) is 23.8 Å². The number of carbonyl (C=O) groups excluding carboxylic acids is 1. The van der Waals surface area contributed by atoms with Gasteiger partial charge in [-0.1, -0.05) is 6.07 Å². The molecular formula is C18H26N2O5. The molecule has 1 N–H and O–H groups in total. The zero-order chi connectivity index (χ0) is 18.0. The lowest BCUT2D eigenvalue weighted by atomic mass is 10.1. The molecule has 0 aliphatic carbocycles. The van der Waals surface area contributed by atoms with Gasteiger partial charge in [0, 0.05) is 32.7 Å². The van der Waals surface area contributed by atoms with Crippen LogP contribution in [0.15, 0.2) is 18.2 Å². The molecule has 138 valence electrons. The van der Waals surface area contributed by atoms with Crippen LogP contribution in [0.5, 0.6) is 11.5 Å². The number of nitrogens with zero attached hydrogens (tertiary/aromatic N) is 2. The summed E-state index contributed by atoms with van der Waals surface area (Å²) in [6.07, 6.45) is -0.883. The quantitative estimate of drug-likeness (QED) is 0.899. The maximum absolute atomic E-state index is 12.1. The minimum absolute atomic E-state index is 0.224. The Hall–Kier alpha value is -1.99. The molecule has 2 aliphatic heterocycles. The second-order valence-electron chi connectivity index (χ2n) is 7.40. The third-order valence-corrected chi connectivity index (χ3v) is 4.24. The number of fused-ring (bicyclic) bond motifs is 1.